The highest BCUT2D eigenvalue weighted by Crippen LogP contribution is 2.34. The van der Waals surface area contributed by atoms with Gasteiger partial charge in [-0.3, -0.25) is 0 Å². The highest BCUT2D eigenvalue weighted by molar-refractivity contribution is 5.52. The van der Waals surface area contributed by atoms with Gasteiger partial charge < -0.3 is 15.5 Å². The van der Waals surface area contributed by atoms with Crippen molar-refractivity contribution in [2.24, 2.45) is 5.73 Å². The normalized spacial score (nSPS) is 12.0. The molecule has 0 fully saturated rings. The predicted octanol–water partition coefficient (Wildman–Crippen LogP) is 2.94. The van der Waals surface area contributed by atoms with Gasteiger partial charge in [0, 0.05) is 25.3 Å². The Balaban J connectivity index is 2.95. The van der Waals surface area contributed by atoms with E-state index >= 15 is 0 Å². The molecule has 120 valence electrons. The average molecular weight is 303 g/mol. The summed E-state index contributed by atoms with van der Waals surface area (Å²) in [4.78, 5) is 4.02. The van der Waals surface area contributed by atoms with Crippen molar-refractivity contribution < 1.29 is 13.2 Å². The number of hydrogen-bond acceptors (Lipinski definition) is 3. The maximum absolute atomic E-state index is 13.1. The summed E-state index contributed by atoms with van der Waals surface area (Å²) < 4.78 is 39.2. The van der Waals surface area contributed by atoms with Crippen molar-refractivity contribution in [2.75, 3.05) is 38.6 Å². The second kappa shape index (κ2) is 7.66. The number of nitrogens with zero attached hydrogens (tertiary/aromatic N) is 2. The monoisotopic (exact) mass is 303 g/mol. The van der Waals surface area contributed by atoms with E-state index in [1.54, 1.807) is 6.07 Å². The fourth-order valence-electron chi connectivity index (χ4n) is 2.25. The van der Waals surface area contributed by atoms with E-state index in [1.165, 1.54) is 12.1 Å². The molecule has 0 saturated carbocycles. The fraction of sp³-hybridized carbons (Fsp3) is 0.600. The number of alkyl halides is 3. The maximum Gasteiger partial charge on any atom is 0.416 e. The zero-order chi connectivity index (χ0) is 16.0. The Morgan fingerprint density at radius 2 is 1.81 bits per heavy atom. The molecule has 0 spiro atoms. The van der Waals surface area contributed by atoms with Crippen molar-refractivity contribution in [2.45, 2.75) is 26.1 Å². The molecule has 0 bridgehead atoms. The molecule has 0 amide bonds. The van der Waals surface area contributed by atoms with E-state index in [2.05, 4.69) is 4.90 Å². The van der Waals surface area contributed by atoms with Crippen LogP contribution in [-0.4, -0.2) is 38.6 Å². The quantitative estimate of drug-likeness (QED) is 0.840. The van der Waals surface area contributed by atoms with Crippen LogP contribution in [0.3, 0.4) is 0 Å². The van der Waals surface area contributed by atoms with Crippen LogP contribution in [0.1, 0.15) is 24.5 Å². The third-order valence-electron chi connectivity index (χ3n) is 3.40. The van der Waals surface area contributed by atoms with Crippen molar-refractivity contribution >= 4 is 5.69 Å². The van der Waals surface area contributed by atoms with Gasteiger partial charge in [0.2, 0.25) is 0 Å². The van der Waals surface area contributed by atoms with Gasteiger partial charge in [0.25, 0.3) is 0 Å². The Morgan fingerprint density at radius 3 is 2.29 bits per heavy atom. The molecule has 3 nitrogen and oxygen atoms in total. The van der Waals surface area contributed by atoms with Crippen LogP contribution in [0.25, 0.3) is 0 Å². The average Bonchev–Trinajstić information content (AvgIpc) is 2.41. The van der Waals surface area contributed by atoms with Crippen LogP contribution < -0.4 is 10.6 Å². The first kappa shape index (κ1) is 17.8. The third-order valence-corrected chi connectivity index (χ3v) is 3.40. The van der Waals surface area contributed by atoms with Crippen molar-refractivity contribution in [3.8, 4) is 0 Å². The highest BCUT2D eigenvalue weighted by atomic mass is 19.4. The molecule has 0 saturated heterocycles. The summed E-state index contributed by atoms with van der Waals surface area (Å²) in [5, 5.41) is 0. The summed E-state index contributed by atoms with van der Waals surface area (Å²) >= 11 is 0. The van der Waals surface area contributed by atoms with E-state index < -0.39 is 11.7 Å². The summed E-state index contributed by atoms with van der Waals surface area (Å²) in [6, 6.07) is 4.41. The molecule has 0 radical (unpaired) electrons. The molecule has 0 heterocycles. The van der Waals surface area contributed by atoms with Gasteiger partial charge in [-0.1, -0.05) is 6.07 Å². The van der Waals surface area contributed by atoms with Gasteiger partial charge in [0.05, 0.1) is 5.56 Å². The third kappa shape index (κ3) is 5.21. The number of rotatable bonds is 7. The van der Waals surface area contributed by atoms with Crippen LogP contribution in [0.15, 0.2) is 18.2 Å². The number of nitrogens with two attached hydrogens (primary N) is 1. The molecule has 1 aromatic carbocycles. The molecule has 1 rings (SSSR count). The minimum atomic E-state index is -4.37. The van der Waals surface area contributed by atoms with E-state index in [4.69, 9.17) is 5.73 Å². The van der Waals surface area contributed by atoms with Crippen molar-refractivity contribution in [3.63, 3.8) is 0 Å². The smallest absolute Gasteiger partial charge is 0.372 e. The zero-order valence-corrected chi connectivity index (χ0v) is 12.9. The van der Waals surface area contributed by atoms with Gasteiger partial charge in [-0.15, -0.1) is 0 Å². The van der Waals surface area contributed by atoms with Gasteiger partial charge >= 0.3 is 6.18 Å². The van der Waals surface area contributed by atoms with Gasteiger partial charge in [-0.05, 0) is 51.7 Å². The van der Waals surface area contributed by atoms with E-state index in [0.29, 0.717) is 12.2 Å². The van der Waals surface area contributed by atoms with Crippen LogP contribution in [0.2, 0.25) is 0 Å². The van der Waals surface area contributed by atoms with E-state index in [0.717, 1.165) is 19.5 Å². The SMILES string of the molecule is CCN(CCCN(C)C)c1ccc(CN)c(C(F)(F)F)c1. The van der Waals surface area contributed by atoms with Gasteiger partial charge in [0.15, 0.2) is 0 Å². The Morgan fingerprint density at radius 1 is 1.14 bits per heavy atom. The molecule has 0 aliphatic carbocycles. The van der Waals surface area contributed by atoms with Crippen LogP contribution in [0, 0.1) is 0 Å². The fourth-order valence-corrected chi connectivity index (χ4v) is 2.25. The second-order valence-corrected chi connectivity index (χ2v) is 5.28. The topological polar surface area (TPSA) is 32.5 Å². The molecule has 6 heteroatoms. The number of hydrogen-bond donors (Lipinski definition) is 1. The molecule has 0 aliphatic heterocycles. The lowest BCUT2D eigenvalue weighted by atomic mass is 10.1. The first-order valence-corrected chi connectivity index (χ1v) is 7.09. The first-order valence-electron chi connectivity index (χ1n) is 7.09. The molecule has 0 aliphatic rings. The molecule has 0 atom stereocenters. The lowest BCUT2D eigenvalue weighted by Gasteiger charge is -2.25. The minimum Gasteiger partial charge on any atom is -0.372 e. The Bertz CT molecular complexity index is 444. The lowest BCUT2D eigenvalue weighted by molar-refractivity contribution is -0.138. The van der Waals surface area contributed by atoms with E-state index in [-0.39, 0.29) is 12.1 Å². The minimum absolute atomic E-state index is 0.109. The van der Waals surface area contributed by atoms with Gasteiger partial charge in [-0.2, -0.15) is 13.2 Å². The Labute approximate surface area is 124 Å². The van der Waals surface area contributed by atoms with Gasteiger partial charge in [-0.25, -0.2) is 0 Å². The largest absolute Gasteiger partial charge is 0.416 e. The van der Waals surface area contributed by atoms with E-state index in [1.807, 2.05) is 25.9 Å². The summed E-state index contributed by atoms with van der Waals surface area (Å²) in [7, 11) is 3.96. The standard InChI is InChI=1S/C15H24F3N3/c1-4-21(9-5-8-20(2)3)13-7-6-12(11-19)14(10-13)15(16,17)18/h6-7,10H,4-5,8-9,11,19H2,1-3H3. The molecule has 0 aromatic heterocycles. The van der Waals surface area contributed by atoms with Crippen molar-refractivity contribution in [3.05, 3.63) is 29.3 Å². The number of halogens is 3. The highest BCUT2D eigenvalue weighted by Gasteiger charge is 2.33. The molecule has 1 aromatic rings. The number of benzene rings is 1. The Kier molecular flexibility index (Phi) is 6.48. The summed E-state index contributed by atoms with van der Waals surface area (Å²) in [6.45, 7) is 4.14. The first-order chi connectivity index (χ1) is 9.79. The lowest BCUT2D eigenvalue weighted by Crippen LogP contribution is -2.27. The van der Waals surface area contributed by atoms with Crippen LogP contribution in [0.4, 0.5) is 18.9 Å². The molecular weight excluding hydrogens is 279 g/mol. The molecule has 2 N–H and O–H groups in total. The maximum atomic E-state index is 13.1. The van der Waals surface area contributed by atoms with Crippen LogP contribution >= 0.6 is 0 Å². The van der Waals surface area contributed by atoms with Crippen LogP contribution in [-0.2, 0) is 12.7 Å². The molecular formula is C15H24F3N3. The van der Waals surface area contributed by atoms with Crippen molar-refractivity contribution in [1.82, 2.24) is 4.90 Å². The Hall–Kier alpha value is -1.27. The molecule has 0 unspecified atom stereocenters. The van der Waals surface area contributed by atoms with Crippen LogP contribution in [0.5, 0.6) is 0 Å². The predicted molar refractivity (Wildman–Crippen MR) is 80.4 cm³/mol. The zero-order valence-electron chi connectivity index (χ0n) is 12.9. The van der Waals surface area contributed by atoms with E-state index in [9.17, 15) is 13.2 Å². The molecule has 21 heavy (non-hydrogen) atoms. The van der Waals surface area contributed by atoms with Crippen molar-refractivity contribution in [1.29, 1.82) is 0 Å². The summed E-state index contributed by atoms with van der Waals surface area (Å²) in [5.41, 5.74) is 5.50. The summed E-state index contributed by atoms with van der Waals surface area (Å²) in [6.07, 6.45) is -3.46. The number of anilines is 1. The summed E-state index contributed by atoms with van der Waals surface area (Å²) in [5.74, 6) is 0. The second-order valence-electron chi connectivity index (χ2n) is 5.28. The van der Waals surface area contributed by atoms with Gasteiger partial charge in [0.1, 0.15) is 0 Å².